The molecule has 2 N–H and O–H groups in total. The molecule has 0 atom stereocenters. The molecule has 2 heterocycles. The summed E-state index contributed by atoms with van der Waals surface area (Å²) in [6.07, 6.45) is 5.44. The lowest BCUT2D eigenvalue weighted by Gasteiger charge is -2.06. The number of anilines is 1. The zero-order chi connectivity index (χ0) is 11.7. The van der Waals surface area contributed by atoms with Crippen molar-refractivity contribution in [1.82, 2.24) is 9.97 Å². The molecule has 0 amide bonds. The lowest BCUT2D eigenvalue weighted by molar-refractivity contribution is 1.32. The van der Waals surface area contributed by atoms with Gasteiger partial charge in [0.25, 0.3) is 0 Å². The molecule has 0 bridgehead atoms. The van der Waals surface area contributed by atoms with Crippen LogP contribution in [0, 0.1) is 0 Å². The van der Waals surface area contributed by atoms with Gasteiger partial charge in [0, 0.05) is 29.5 Å². The molecular formula is C14H11N3. The number of nitrogens with zero attached hydrogens (tertiary/aromatic N) is 2. The van der Waals surface area contributed by atoms with Crippen molar-refractivity contribution < 1.29 is 0 Å². The highest BCUT2D eigenvalue weighted by Crippen LogP contribution is 2.27. The molecule has 17 heavy (non-hydrogen) atoms. The van der Waals surface area contributed by atoms with Crippen LogP contribution >= 0.6 is 0 Å². The summed E-state index contributed by atoms with van der Waals surface area (Å²) in [4.78, 5) is 8.26. The van der Waals surface area contributed by atoms with Gasteiger partial charge in [-0.05, 0) is 23.1 Å². The summed E-state index contributed by atoms with van der Waals surface area (Å²) >= 11 is 0. The van der Waals surface area contributed by atoms with Crippen molar-refractivity contribution in [2.24, 2.45) is 0 Å². The van der Waals surface area contributed by atoms with Gasteiger partial charge in [-0.25, -0.2) is 4.98 Å². The summed E-state index contributed by atoms with van der Waals surface area (Å²) in [5.41, 5.74) is 7.83. The van der Waals surface area contributed by atoms with Crippen LogP contribution in [-0.2, 0) is 0 Å². The van der Waals surface area contributed by atoms with E-state index in [0.717, 1.165) is 16.5 Å². The van der Waals surface area contributed by atoms with E-state index in [2.05, 4.69) is 22.1 Å². The van der Waals surface area contributed by atoms with E-state index < -0.39 is 0 Å². The standard InChI is InChI=1S/C14H11N3/c15-14-7-10(5-6-17-14)13-9-16-8-11-3-1-2-4-12(11)13/h1-9H,(H2,15,17). The molecule has 0 aliphatic heterocycles. The number of pyridine rings is 2. The van der Waals surface area contributed by atoms with Gasteiger partial charge in [-0.15, -0.1) is 0 Å². The Hall–Kier alpha value is -2.42. The number of benzene rings is 1. The fourth-order valence-corrected chi connectivity index (χ4v) is 1.96. The Morgan fingerprint density at radius 2 is 1.88 bits per heavy atom. The Balaban J connectivity index is 2.30. The molecule has 0 aliphatic rings. The van der Waals surface area contributed by atoms with Crippen molar-refractivity contribution in [1.29, 1.82) is 0 Å². The van der Waals surface area contributed by atoms with Crippen molar-refractivity contribution in [3.63, 3.8) is 0 Å². The highest BCUT2D eigenvalue weighted by molar-refractivity contribution is 5.95. The summed E-state index contributed by atoms with van der Waals surface area (Å²) in [5, 5.41) is 2.30. The number of hydrogen-bond donors (Lipinski definition) is 1. The fourth-order valence-electron chi connectivity index (χ4n) is 1.96. The van der Waals surface area contributed by atoms with Crippen LogP contribution in [0.15, 0.2) is 55.0 Å². The first kappa shape index (κ1) is 9.78. The van der Waals surface area contributed by atoms with Gasteiger partial charge >= 0.3 is 0 Å². The Labute approximate surface area is 98.9 Å². The third-order valence-corrected chi connectivity index (χ3v) is 2.76. The van der Waals surface area contributed by atoms with Crippen LogP contribution in [0.3, 0.4) is 0 Å². The molecule has 0 radical (unpaired) electrons. The minimum Gasteiger partial charge on any atom is -0.384 e. The van der Waals surface area contributed by atoms with Crippen LogP contribution in [0.5, 0.6) is 0 Å². The molecular weight excluding hydrogens is 210 g/mol. The number of hydrogen-bond acceptors (Lipinski definition) is 3. The first-order chi connectivity index (χ1) is 8.34. The maximum absolute atomic E-state index is 5.71. The van der Waals surface area contributed by atoms with Crippen molar-refractivity contribution in [3.05, 3.63) is 55.0 Å². The molecule has 0 spiro atoms. The summed E-state index contributed by atoms with van der Waals surface area (Å²) in [6, 6.07) is 12.0. The van der Waals surface area contributed by atoms with Gasteiger partial charge in [-0.3, -0.25) is 4.98 Å². The molecule has 0 fully saturated rings. The third kappa shape index (κ3) is 1.72. The van der Waals surface area contributed by atoms with Gasteiger partial charge in [0.05, 0.1) is 0 Å². The summed E-state index contributed by atoms with van der Waals surface area (Å²) in [5.74, 6) is 0.524. The van der Waals surface area contributed by atoms with E-state index in [0.29, 0.717) is 5.82 Å². The molecule has 0 saturated heterocycles. The van der Waals surface area contributed by atoms with Gasteiger partial charge in [0.1, 0.15) is 5.82 Å². The molecule has 3 nitrogen and oxygen atoms in total. The van der Waals surface area contributed by atoms with E-state index in [4.69, 9.17) is 5.73 Å². The minimum absolute atomic E-state index is 0.524. The van der Waals surface area contributed by atoms with Crippen molar-refractivity contribution in [2.75, 3.05) is 5.73 Å². The molecule has 3 rings (SSSR count). The molecule has 2 aromatic heterocycles. The van der Waals surface area contributed by atoms with E-state index in [1.807, 2.05) is 36.7 Å². The molecule has 1 aromatic carbocycles. The van der Waals surface area contributed by atoms with Crippen LogP contribution in [0.2, 0.25) is 0 Å². The quantitative estimate of drug-likeness (QED) is 0.687. The normalized spacial score (nSPS) is 10.6. The molecule has 0 saturated carbocycles. The van der Waals surface area contributed by atoms with Crippen LogP contribution in [0.1, 0.15) is 0 Å². The van der Waals surface area contributed by atoms with Crippen molar-refractivity contribution in [2.45, 2.75) is 0 Å². The monoisotopic (exact) mass is 221 g/mol. The molecule has 0 aliphatic carbocycles. The Kier molecular flexibility index (Phi) is 2.22. The van der Waals surface area contributed by atoms with Gasteiger partial charge in [-0.2, -0.15) is 0 Å². The smallest absolute Gasteiger partial charge is 0.123 e. The van der Waals surface area contributed by atoms with Crippen molar-refractivity contribution >= 4 is 16.6 Å². The molecule has 3 heteroatoms. The Morgan fingerprint density at radius 1 is 1.00 bits per heavy atom. The van der Waals surface area contributed by atoms with E-state index >= 15 is 0 Å². The SMILES string of the molecule is Nc1cc(-c2cncc3ccccc23)ccn1. The number of fused-ring (bicyclic) bond motifs is 1. The number of aromatic nitrogens is 2. The van der Waals surface area contributed by atoms with E-state index in [1.54, 1.807) is 6.20 Å². The fraction of sp³-hybridized carbons (Fsp3) is 0. The lowest BCUT2D eigenvalue weighted by Crippen LogP contribution is -1.90. The highest BCUT2D eigenvalue weighted by atomic mass is 14.8. The predicted molar refractivity (Wildman–Crippen MR) is 69.4 cm³/mol. The number of nitrogen functional groups attached to an aromatic ring is 1. The molecule has 82 valence electrons. The topological polar surface area (TPSA) is 51.8 Å². The van der Waals surface area contributed by atoms with E-state index in [9.17, 15) is 0 Å². The summed E-state index contributed by atoms with van der Waals surface area (Å²) < 4.78 is 0. The largest absolute Gasteiger partial charge is 0.384 e. The van der Waals surface area contributed by atoms with Gasteiger partial charge in [0.15, 0.2) is 0 Å². The highest BCUT2D eigenvalue weighted by Gasteiger charge is 2.04. The van der Waals surface area contributed by atoms with Crippen molar-refractivity contribution in [3.8, 4) is 11.1 Å². The molecule has 3 aromatic rings. The molecule has 0 unspecified atom stereocenters. The van der Waals surface area contributed by atoms with E-state index in [1.165, 1.54) is 5.39 Å². The second-order valence-electron chi connectivity index (χ2n) is 3.88. The van der Waals surface area contributed by atoms with Crippen LogP contribution in [-0.4, -0.2) is 9.97 Å². The zero-order valence-electron chi connectivity index (χ0n) is 9.17. The van der Waals surface area contributed by atoms with E-state index in [-0.39, 0.29) is 0 Å². The predicted octanol–water partition coefficient (Wildman–Crippen LogP) is 2.88. The lowest BCUT2D eigenvalue weighted by atomic mass is 10.0. The average molecular weight is 221 g/mol. The third-order valence-electron chi connectivity index (χ3n) is 2.76. The number of nitrogens with two attached hydrogens (primary N) is 1. The Morgan fingerprint density at radius 3 is 2.76 bits per heavy atom. The maximum atomic E-state index is 5.71. The maximum Gasteiger partial charge on any atom is 0.123 e. The van der Waals surface area contributed by atoms with Gasteiger partial charge < -0.3 is 5.73 Å². The van der Waals surface area contributed by atoms with Crippen LogP contribution in [0.25, 0.3) is 21.9 Å². The zero-order valence-corrected chi connectivity index (χ0v) is 9.17. The van der Waals surface area contributed by atoms with Crippen LogP contribution in [0.4, 0.5) is 5.82 Å². The van der Waals surface area contributed by atoms with Gasteiger partial charge in [0.2, 0.25) is 0 Å². The second-order valence-corrected chi connectivity index (χ2v) is 3.88. The number of rotatable bonds is 1. The van der Waals surface area contributed by atoms with Crippen LogP contribution < -0.4 is 5.73 Å². The summed E-state index contributed by atoms with van der Waals surface area (Å²) in [6.45, 7) is 0. The minimum atomic E-state index is 0.524. The first-order valence-electron chi connectivity index (χ1n) is 5.39. The van der Waals surface area contributed by atoms with Gasteiger partial charge in [-0.1, -0.05) is 24.3 Å². The average Bonchev–Trinajstić information content (AvgIpc) is 2.38. The summed E-state index contributed by atoms with van der Waals surface area (Å²) in [7, 11) is 0. The second kappa shape index (κ2) is 3.87. The first-order valence-corrected chi connectivity index (χ1v) is 5.39. The Bertz CT molecular complexity index is 672.